The molecule has 0 aliphatic carbocycles. The molecule has 0 spiro atoms. The largest absolute Gasteiger partial charge is 0.447 e. The summed E-state index contributed by atoms with van der Waals surface area (Å²) in [5, 5.41) is 5.13. The highest BCUT2D eigenvalue weighted by atomic mass is 79.9. The van der Waals surface area contributed by atoms with E-state index >= 15 is 0 Å². The maximum absolute atomic E-state index is 11.9. The van der Waals surface area contributed by atoms with E-state index in [4.69, 9.17) is 18.9 Å². The van der Waals surface area contributed by atoms with Gasteiger partial charge in [-0.1, -0.05) is 12.1 Å². The van der Waals surface area contributed by atoms with E-state index < -0.39 is 6.09 Å². The fourth-order valence-electron chi connectivity index (χ4n) is 1.78. The number of alkyl carbamates (subject to hydrolysis) is 1. The summed E-state index contributed by atoms with van der Waals surface area (Å²) in [6.45, 7) is 3.09. The number of nitrogens with one attached hydrogen (secondary N) is 2. The molecule has 26 heavy (non-hydrogen) atoms. The number of hydrogen-bond donors (Lipinski definition) is 2. The summed E-state index contributed by atoms with van der Waals surface area (Å²) in [6.07, 6.45) is -0.477. The number of carbonyl (C=O) groups is 2. The van der Waals surface area contributed by atoms with Gasteiger partial charge in [-0.05, 0) is 28.1 Å². The molecule has 2 amide bonds. The molecule has 0 fully saturated rings. The van der Waals surface area contributed by atoms with Crippen molar-refractivity contribution < 1.29 is 28.5 Å². The maximum atomic E-state index is 11.9. The van der Waals surface area contributed by atoms with Crippen molar-refractivity contribution in [3.05, 3.63) is 34.3 Å². The minimum absolute atomic E-state index is 0.144. The predicted octanol–water partition coefficient (Wildman–Crippen LogP) is 1.58. The Morgan fingerprint density at radius 3 is 2.12 bits per heavy atom. The van der Waals surface area contributed by atoms with E-state index in [1.807, 2.05) is 18.2 Å². The second kappa shape index (κ2) is 14.5. The molecule has 1 aromatic carbocycles. The Balaban J connectivity index is 1.87. The van der Waals surface area contributed by atoms with Crippen LogP contribution in [-0.2, 0) is 18.9 Å². The van der Waals surface area contributed by atoms with Crippen LogP contribution in [0.4, 0.5) is 4.79 Å². The normalized spacial score (nSPS) is 10.4. The summed E-state index contributed by atoms with van der Waals surface area (Å²) in [6, 6.07) is 7.24. The molecule has 0 unspecified atom stereocenters. The lowest BCUT2D eigenvalue weighted by Crippen LogP contribution is -2.28. The Morgan fingerprint density at radius 2 is 1.50 bits per heavy atom. The molecule has 0 saturated carbocycles. The number of rotatable bonds is 13. The monoisotopic (exact) mass is 432 g/mol. The van der Waals surface area contributed by atoms with Crippen molar-refractivity contribution in [3.63, 3.8) is 0 Å². The van der Waals surface area contributed by atoms with Crippen LogP contribution in [0.3, 0.4) is 0 Å². The van der Waals surface area contributed by atoms with E-state index in [-0.39, 0.29) is 12.5 Å². The van der Waals surface area contributed by atoms with Crippen molar-refractivity contribution in [1.29, 1.82) is 0 Å². The van der Waals surface area contributed by atoms with E-state index in [0.29, 0.717) is 51.7 Å². The fourth-order valence-corrected chi connectivity index (χ4v) is 2.25. The third kappa shape index (κ3) is 10.3. The zero-order valence-electron chi connectivity index (χ0n) is 14.8. The first-order valence-corrected chi connectivity index (χ1v) is 9.05. The number of benzene rings is 1. The molecule has 8 nitrogen and oxygen atoms in total. The van der Waals surface area contributed by atoms with Crippen LogP contribution in [0, 0.1) is 0 Å². The van der Waals surface area contributed by atoms with Gasteiger partial charge in [0.15, 0.2) is 0 Å². The number of carbonyl (C=O) groups excluding carboxylic acids is 2. The van der Waals surface area contributed by atoms with E-state index in [1.54, 1.807) is 6.07 Å². The molecule has 1 aromatic rings. The van der Waals surface area contributed by atoms with Crippen molar-refractivity contribution in [1.82, 2.24) is 10.6 Å². The van der Waals surface area contributed by atoms with Gasteiger partial charge in [-0.15, -0.1) is 0 Å². The molecule has 9 heteroatoms. The first kappa shape index (κ1) is 22.4. The molecule has 0 heterocycles. The molecule has 0 aliphatic heterocycles. The third-order valence-corrected chi connectivity index (χ3v) is 3.75. The van der Waals surface area contributed by atoms with Crippen molar-refractivity contribution in [2.75, 3.05) is 59.8 Å². The molecule has 0 saturated heterocycles. The van der Waals surface area contributed by atoms with Crippen LogP contribution in [0.25, 0.3) is 0 Å². The highest BCUT2D eigenvalue weighted by molar-refractivity contribution is 9.10. The van der Waals surface area contributed by atoms with Crippen LogP contribution in [0.1, 0.15) is 10.4 Å². The second-order valence-corrected chi connectivity index (χ2v) is 5.81. The van der Waals surface area contributed by atoms with E-state index in [9.17, 15) is 9.59 Å². The summed E-state index contributed by atoms with van der Waals surface area (Å²) in [5.41, 5.74) is 0.594. The smallest absolute Gasteiger partial charge is 0.406 e. The molecule has 1 rings (SSSR count). The number of ether oxygens (including phenoxy) is 4. The van der Waals surface area contributed by atoms with Gasteiger partial charge in [0, 0.05) is 18.1 Å². The van der Waals surface area contributed by atoms with Crippen LogP contribution < -0.4 is 10.6 Å². The molecule has 2 N–H and O–H groups in total. The summed E-state index contributed by atoms with van der Waals surface area (Å²) in [4.78, 5) is 22.7. The highest BCUT2D eigenvalue weighted by Crippen LogP contribution is 2.15. The lowest BCUT2D eigenvalue weighted by molar-refractivity contribution is 0.00631. The van der Waals surface area contributed by atoms with E-state index in [0.717, 1.165) is 4.47 Å². The molecule has 0 aromatic heterocycles. The summed E-state index contributed by atoms with van der Waals surface area (Å²) in [7, 11) is 1.50. The lowest BCUT2D eigenvalue weighted by Gasteiger charge is -2.08. The van der Waals surface area contributed by atoms with Gasteiger partial charge in [-0.3, -0.25) is 4.79 Å². The summed E-state index contributed by atoms with van der Waals surface area (Å²) in [5.74, 6) is -0.144. The van der Waals surface area contributed by atoms with Gasteiger partial charge in [0.1, 0.15) is 6.61 Å². The fraction of sp³-hybridized carbons (Fsp3) is 0.529. The van der Waals surface area contributed by atoms with Gasteiger partial charge < -0.3 is 29.6 Å². The van der Waals surface area contributed by atoms with Gasteiger partial charge >= 0.3 is 6.09 Å². The first-order valence-electron chi connectivity index (χ1n) is 8.25. The van der Waals surface area contributed by atoms with Gasteiger partial charge in [0.05, 0.1) is 45.2 Å². The van der Waals surface area contributed by atoms with Crippen molar-refractivity contribution in [2.45, 2.75) is 0 Å². The maximum Gasteiger partial charge on any atom is 0.406 e. The van der Waals surface area contributed by atoms with Crippen LogP contribution in [0.15, 0.2) is 28.7 Å². The van der Waals surface area contributed by atoms with Gasteiger partial charge in [-0.25, -0.2) is 4.79 Å². The molecule has 0 bridgehead atoms. The van der Waals surface area contributed by atoms with Gasteiger partial charge in [-0.2, -0.15) is 0 Å². The van der Waals surface area contributed by atoms with E-state index in [2.05, 4.69) is 26.6 Å². The van der Waals surface area contributed by atoms with Crippen LogP contribution in [0.2, 0.25) is 0 Å². The predicted molar refractivity (Wildman–Crippen MR) is 99.3 cm³/mol. The Labute approximate surface area is 161 Å². The number of hydrogen-bond acceptors (Lipinski definition) is 6. The summed E-state index contributed by atoms with van der Waals surface area (Å²) >= 11 is 3.34. The standard InChI is InChI=1S/C17H25BrN2O6/c1-19-17(22)26-13-12-25-11-10-24-9-8-23-7-6-20-16(21)14-4-2-3-5-15(14)18/h2-5H,6-13H2,1H3,(H,19,22)(H,20,21). The molecular weight excluding hydrogens is 408 g/mol. The Kier molecular flexibility index (Phi) is 12.5. The Bertz CT molecular complexity index is 544. The number of amides is 2. The minimum Gasteiger partial charge on any atom is -0.447 e. The molecule has 146 valence electrons. The average Bonchev–Trinajstić information content (AvgIpc) is 2.65. The lowest BCUT2D eigenvalue weighted by atomic mass is 10.2. The van der Waals surface area contributed by atoms with Crippen molar-refractivity contribution >= 4 is 27.9 Å². The topological polar surface area (TPSA) is 95.1 Å². The average molecular weight is 433 g/mol. The van der Waals surface area contributed by atoms with Crippen molar-refractivity contribution in [2.24, 2.45) is 0 Å². The summed E-state index contributed by atoms with van der Waals surface area (Å²) < 4.78 is 21.5. The zero-order valence-corrected chi connectivity index (χ0v) is 16.4. The van der Waals surface area contributed by atoms with Gasteiger partial charge in [0.25, 0.3) is 5.91 Å². The van der Waals surface area contributed by atoms with Gasteiger partial charge in [0.2, 0.25) is 0 Å². The quantitative estimate of drug-likeness (QED) is 0.459. The Hall–Kier alpha value is -1.68. The van der Waals surface area contributed by atoms with Crippen LogP contribution in [0.5, 0.6) is 0 Å². The van der Waals surface area contributed by atoms with E-state index in [1.165, 1.54) is 7.05 Å². The SMILES string of the molecule is CNC(=O)OCCOCCOCCOCCNC(=O)c1ccccc1Br. The minimum atomic E-state index is -0.477. The second-order valence-electron chi connectivity index (χ2n) is 4.96. The molecular formula is C17H25BrN2O6. The zero-order chi connectivity index (χ0) is 19.0. The Morgan fingerprint density at radius 1 is 0.923 bits per heavy atom. The third-order valence-electron chi connectivity index (χ3n) is 3.06. The number of halogens is 1. The first-order chi connectivity index (χ1) is 12.6. The molecule has 0 atom stereocenters. The highest BCUT2D eigenvalue weighted by Gasteiger charge is 2.07. The van der Waals surface area contributed by atoms with Crippen LogP contribution in [-0.4, -0.2) is 71.8 Å². The molecule has 0 radical (unpaired) electrons. The van der Waals surface area contributed by atoms with Crippen molar-refractivity contribution in [3.8, 4) is 0 Å². The molecule has 0 aliphatic rings. The van der Waals surface area contributed by atoms with Crippen LogP contribution >= 0.6 is 15.9 Å².